The zero-order valence-electron chi connectivity index (χ0n) is 29.5. The number of hydrogen-bond donors (Lipinski definition) is 1. The number of aliphatic carboxylic acids is 1. The summed E-state index contributed by atoms with van der Waals surface area (Å²) in [7, 11) is -5.47. The van der Waals surface area contributed by atoms with E-state index in [4.69, 9.17) is 14.0 Å². The molecule has 0 aliphatic carbocycles. The fraction of sp³-hybridized carbons (Fsp3) is 0.268. The standard InChI is InChI=1S/C41H42FN2O5PSi/c1-30(2)39-37(40(31-23-25-32(42)26-24-31)44(43-39)33-16-9-6-10-17-33)22-15-27-48-50(47)29-34(28-38(45)46)49-51(41(3,4)5,35-18-11-7-12-19-35)36-20-13-8-14-21-36/h6-14,16-21,23-26,30,34H,27-29H2,1-5H3/p+1/t34-/m0/s1. The molecule has 0 amide bonds. The van der Waals surface area contributed by atoms with Gasteiger partial charge in [-0.1, -0.05) is 125 Å². The summed E-state index contributed by atoms with van der Waals surface area (Å²) in [6.45, 7) is 10.2. The van der Waals surface area contributed by atoms with Crippen molar-refractivity contribution in [3.63, 3.8) is 0 Å². The molecular weight excluding hydrogens is 679 g/mol. The van der Waals surface area contributed by atoms with E-state index in [1.165, 1.54) is 12.1 Å². The number of benzene rings is 4. The Kier molecular flexibility index (Phi) is 12.2. The highest BCUT2D eigenvalue weighted by molar-refractivity contribution is 7.39. The maximum Gasteiger partial charge on any atom is 0.511 e. The van der Waals surface area contributed by atoms with Gasteiger partial charge in [-0.3, -0.25) is 4.79 Å². The van der Waals surface area contributed by atoms with Crippen molar-refractivity contribution < 1.29 is 27.8 Å². The number of nitrogens with zero attached hydrogens (tertiary/aromatic N) is 2. The van der Waals surface area contributed by atoms with Gasteiger partial charge in [0.05, 0.1) is 29.1 Å². The van der Waals surface area contributed by atoms with Gasteiger partial charge in [0, 0.05) is 5.56 Å². The molecule has 2 atom stereocenters. The van der Waals surface area contributed by atoms with Gasteiger partial charge in [0.2, 0.25) is 6.16 Å². The summed E-state index contributed by atoms with van der Waals surface area (Å²) in [5, 5.41) is 16.4. The molecular formula is C41H43FN2O5PSi+. The predicted molar refractivity (Wildman–Crippen MR) is 203 cm³/mol. The number of carboxylic acid groups (broad SMARTS) is 1. The number of carbonyl (C=O) groups is 1. The van der Waals surface area contributed by atoms with Crippen LogP contribution in [0.3, 0.4) is 0 Å². The van der Waals surface area contributed by atoms with E-state index in [-0.39, 0.29) is 30.9 Å². The lowest BCUT2D eigenvalue weighted by Gasteiger charge is -2.44. The Hall–Kier alpha value is -4.71. The van der Waals surface area contributed by atoms with Crippen LogP contribution in [-0.2, 0) is 18.3 Å². The summed E-state index contributed by atoms with van der Waals surface area (Å²) in [5.41, 5.74) is 3.71. The van der Waals surface area contributed by atoms with Crippen LogP contribution in [0, 0.1) is 17.7 Å². The highest BCUT2D eigenvalue weighted by Crippen LogP contribution is 2.39. The maximum atomic E-state index is 13.9. The molecule has 262 valence electrons. The van der Waals surface area contributed by atoms with E-state index >= 15 is 0 Å². The number of carboxylic acids is 1. The lowest BCUT2D eigenvalue weighted by atomic mass is 10.0. The first-order chi connectivity index (χ1) is 24.4. The van der Waals surface area contributed by atoms with Crippen molar-refractivity contribution in [2.75, 3.05) is 12.8 Å². The molecule has 5 rings (SSSR count). The van der Waals surface area contributed by atoms with E-state index in [2.05, 4.69) is 32.6 Å². The molecule has 1 unspecified atom stereocenters. The van der Waals surface area contributed by atoms with Gasteiger partial charge in [-0.05, 0) is 62.3 Å². The highest BCUT2D eigenvalue weighted by Gasteiger charge is 2.52. The summed E-state index contributed by atoms with van der Waals surface area (Å²) in [6, 6.07) is 35.7. The lowest BCUT2D eigenvalue weighted by Crippen LogP contribution is -2.68. The molecule has 0 radical (unpaired) electrons. The van der Waals surface area contributed by atoms with Crippen molar-refractivity contribution in [1.29, 1.82) is 0 Å². The van der Waals surface area contributed by atoms with Crippen LogP contribution in [0.4, 0.5) is 4.39 Å². The molecule has 5 aromatic rings. The minimum atomic E-state index is -3.12. The summed E-state index contributed by atoms with van der Waals surface area (Å²) in [4.78, 5) is 12.1. The van der Waals surface area contributed by atoms with Crippen LogP contribution in [-0.4, -0.2) is 48.0 Å². The number of aromatic nitrogens is 2. The molecule has 10 heteroatoms. The van der Waals surface area contributed by atoms with Crippen molar-refractivity contribution >= 4 is 32.7 Å². The Morgan fingerprint density at radius 1 is 0.902 bits per heavy atom. The van der Waals surface area contributed by atoms with Crippen molar-refractivity contribution in [3.8, 4) is 28.8 Å². The topological polar surface area (TPSA) is 90.7 Å². The molecule has 4 aromatic carbocycles. The monoisotopic (exact) mass is 721 g/mol. The van der Waals surface area contributed by atoms with Crippen LogP contribution in [0.5, 0.6) is 0 Å². The van der Waals surface area contributed by atoms with Crippen molar-refractivity contribution in [3.05, 3.63) is 132 Å². The summed E-state index contributed by atoms with van der Waals surface area (Å²) in [5.74, 6) is 4.85. The Morgan fingerprint density at radius 3 is 1.96 bits per heavy atom. The second-order valence-electron chi connectivity index (χ2n) is 13.6. The van der Waals surface area contributed by atoms with Crippen LogP contribution in [0.25, 0.3) is 16.9 Å². The van der Waals surface area contributed by atoms with E-state index in [0.717, 1.165) is 27.3 Å². The van der Waals surface area contributed by atoms with Crippen LogP contribution in [0.15, 0.2) is 115 Å². The third-order valence-electron chi connectivity index (χ3n) is 8.59. The normalized spacial score (nSPS) is 12.6. The van der Waals surface area contributed by atoms with E-state index in [1.807, 2.05) is 110 Å². The molecule has 1 aromatic heterocycles. The van der Waals surface area contributed by atoms with Gasteiger partial charge in [0.1, 0.15) is 11.9 Å². The molecule has 0 aliphatic heterocycles. The van der Waals surface area contributed by atoms with Gasteiger partial charge in [-0.2, -0.15) is 5.10 Å². The highest BCUT2D eigenvalue weighted by atomic mass is 31.1. The number of halogens is 1. The second-order valence-corrected chi connectivity index (χ2v) is 19.2. The van der Waals surface area contributed by atoms with E-state index in [9.17, 15) is 18.9 Å². The molecule has 7 nitrogen and oxygen atoms in total. The largest absolute Gasteiger partial charge is 0.511 e. The third kappa shape index (κ3) is 8.78. The Bertz CT molecular complexity index is 1960. The Morgan fingerprint density at radius 2 is 1.45 bits per heavy atom. The maximum absolute atomic E-state index is 13.9. The Balaban J connectivity index is 1.43. The predicted octanol–water partition coefficient (Wildman–Crippen LogP) is 8.33. The van der Waals surface area contributed by atoms with Gasteiger partial charge in [-0.25, -0.2) is 9.07 Å². The van der Waals surface area contributed by atoms with Crippen molar-refractivity contribution in [1.82, 2.24) is 9.78 Å². The van der Waals surface area contributed by atoms with Gasteiger partial charge < -0.3 is 9.53 Å². The first-order valence-electron chi connectivity index (χ1n) is 16.9. The minimum Gasteiger partial charge on any atom is -0.481 e. The number of hydrogen-bond acceptors (Lipinski definition) is 5. The molecule has 0 spiro atoms. The van der Waals surface area contributed by atoms with Gasteiger partial charge in [-0.15, -0.1) is 4.52 Å². The molecule has 1 heterocycles. The first kappa shape index (κ1) is 37.5. The number of rotatable bonds is 13. The second kappa shape index (κ2) is 16.5. The SMILES string of the molecule is CC(C)c1nn(-c2ccccc2)c(-c2ccc(F)cc2)c1C#CCO[P+](=O)C[C@H](CC(=O)O)O[Si](c1ccccc1)(c1ccccc1)C(C)(C)C. The van der Waals surface area contributed by atoms with Crippen molar-refractivity contribution in [2.24, 2.45) is 0 Å². The third-order valence-corrected chi connectivity index (χ3v) is 14.8. The van der Waals surface area contributed by atoms with Gasteiger partial charge in [0.25, 0.3) is 8.32 Å². The molecule has 0 aliphatic rings. The Labute approximate surface area is 301 Å². The molecule has 51 heavy (non-hydrogen) atoms. The van der Waals surface area contributed by atoms with Crippen LogP contribution >= 0.6 is 8.03 Å². The van der Waals surface area contributed by atoms with Crippen molar-refractivity contribution in [2.45, 2.75) is 58.1 Å². The quantitative estimate of drug-likeness (QED) is 0.0747. The first-order valence-corrected chi connectivity index (χ1v) is 20.2. The molecule has 0 bridgehead atoms. The van der Waals surface area contributed by atoms with E-state index in [1.54, 1.807) is 12.1 Å². The summed E-state index contributed by atoms with van der Waals surface area (Å²) < 4.78 is 42.0. The summed E-state index contributed by atoms with van der Waals surface area (Å²) in [6.07, 6.45) is -1.33. The summed E-state index contributed by atoms with van der Waals surface area (Å²) >= 11 is 0. The van der Waals surface area contributed by atoms with Crippen LogP contribution in [0.1, 0.15) is 58.2 Å². The molecule has 0 saturated heterocycles. The zero-order valence-corrected chi connectivity index (χ0v) is 31.4. The van der Waals surface area contributed by atoms with E-state index in [0.29, 0.717) is 11.3 Å². The molecule has 0 fully saturated rings. The van der Waals surface area contributed by atoms with Gasteiger partial charge >= 0.3 is 14.0 Å². The molecule has 1 N–H and O–H groups in total. The fourth-order valence-electron chi connectivity index (χ4n) is 6.32. The van der Waals surface area contributed by atoms with Crippen LogP contribution < -0.4 is 10.4 Å². The van der Waals surface area contributed by atoms with Crippen LogP contribution in [0.2, 0.25) is 5.04 Å². The smallest absolute Gasteiger partial charge is 0.481 e. The zero-order chi connectivity index (χ0) is 36.6. The average molecular weight is 722 g/mol. The van der Waals surface area contributed by atoms with E-state index < -0.39 is 33.5 Å². The minimum absolute atomic E-state index is 0.0198. The fourth-order valence-corrected chi connectivity index (χ4v) is 12.0. The lowest BCUT2D eigenvalue weighted by molar-refractivity contribution is -0.138. The number of para-hydroxylation sites is 1. The van der Waals surface area contributed by atoms with Gasteiger partial charge in [0.15, 0.2) is 6.61 Å². The average Bonchev–Trinajstić information content (AvgIpc) is 3.49. The molecule has 0 saturated carbocycles.